The molecule has 23 heavy (non-hydrogen) atoms. The first kappa shape index (κ1) is 19.0. The highest BCUT2D eigenvalue weighted by Crippen LogP contribution is 2.22. The lowest BCUT2D eigenvalue weighted by Crippen LogP contribution is -2.36. The van der Waals surface area contributed by atoms with Gasteiger partial charge in [0, 0.05) is 12.5 Å². The van der Waals surface area contributed by atoms with Gasteiger partial charge in [0.15, 0.2) is 0 Å². The van der Waals surface area contributed by atoms with E-state index in [2.05, 4.69) is 10.1 Å². The normalized spacial score (nSPS) is 11.7. The predicted octanol–water partition coefficient (Wildman–Crippen LogP) is 2.92. The van der Waals surface area contributed by atoms with Crippen LogP contribution in [0.3, 0.4) is 0 Å². The molecule has 1 atom stereocenters. The number of hydrogen-bond donors (Lipinski definition) is 1. The van der Waals surface area contributed by atoms with Crippen LogP contribution in [-0.2, 0) is 14.3 Å². The molecule has 0 aliphatic heterocycles. The van der Waals surface area contributed by atoms with E-state index in [0.29, 0.717) is 25.9 Å². The van der Waals surface area contributed by atoms with E-state index < -0.39 is 0 Å². The Morgan fingerprint density at radius 3 is 2.43 bits per heavy atom. The summed E-state index contributed by atoms with van der Waals surface area (Å²) in [6, 6.07) is 5.84. The van der Waals surface area contributed by atoms with Crippen LogP contribution in [0.4, 0.5) is 0 Å². The number of nitrogens with one attached hydrogen (secondary N) is 1. The third-order valence-electron chi connectivity index (χ3n) is 3.70. The van der Waals surface area contributed by atoms with Gasteiger partial charge in [0.25, 0.3) is 0 Å². The fourth-order valence-corrected chi connectivity index (χ4v) is 2.32. The molecular weight excluding hydrogens is 294 g/mol. The van der Waals surface area contributed by atoms with Gasteiger partial charge in [-0.15, -0.1) is 0 Å². The molecule has 5 nitrogen and oxygen atoms in total. The summed E-state index contributed by atoms with van der Waals surface area (Å²) in [7, 11) is 1.35. The minimum atomic E-state index is -0.310. The Kier molecular flexibility index (Phi) is 8.16. The Bertz CT molecular complexity index is 508. The maximum Gasteiger partial charge on any atom is 0.307 e. The van der Waals surface area contributed by atoms with Gasteiger partial charge < -0.3 is 14.8 Å². The molecule has 128 valence electrons. The smallest absolute Gasteiger partial charge is 0.307 e. The Labute approximate surface area is 138 Å². The molecule has 1 aromatic rings. The Morgan fingerprint density at radius 2 is 1.87 bits per heavy atom. The van der Waals surface area contributed by atoms with Crippen molar-refractivity contribution in [2.75, 3.05) is 13.7 Å². The second-order valence-corrected chi connectivity index (χ2v) is 5.63. The first-order valence-corrected chi connectivity index (χ1v) is 8.03. The molecule has 1 unspecified atom stereocenters. The first-order chi connectivity index (χ1) is 11.0. The molecule has 0 fully saturated rings. The minimum Gasteiger partial charge on any atom is -0.493 e. The number of esters is 1. The predicted molar refractivity (Wildman–Crippen MR) is 89.5 cm³/mol. The Morgan fingerprint density at radius 1 is 1.22 bits per heavy atom. The molecule has 0 spiro atoms. The zero-order chi connectivity index (χ0) is 17.2. The van der Waals surface area contributed by atoms with Crippen LogP contribution < -0.4 is 10.1 Å². The van der Waals surface area contributed by atoms with E-state index in [4.69, 9.17) is 4.74 Å². The molecule has 0 saturated heterocycles. The largest absolute Gasteiger partial charge is 0.493 e. The lowest BCUT2D eigenvalue weighted by atomic mass is 10.1. The standard InChI is InChI=1S/C18H27NO4/c1-5-15(12-17(21)22-4)19-16(20)10-7-11-23-18-13(2)8-6-9-14(18)3/h6,8-9,15H,5,7,10-12H2,1-4H3,(H,19,20). The molecule has 0 aliphatic rings. The molecule has 0 aliphatic carbocycles. The quantitative estimate of drug-likeness (QED) is 0.561. The van der Waals surface area contributed by atoms with Crippen LogP contribution in [0.2, 0.25) is 0 Å². The molecule has 1 aromatic carbocycles. The number of hydrogen-bond acceptors (Lipinski definition) is 4. The molecule has 5 heteroatoms. The maximum atomic E-state index is 11.9. The van der Waals surface area contributed by atoms with Crippen molar-refractivity contribution in [2.24, 2.45) is 0 Å². The summed E-state index contributed by atoms with van der Waals surface area (Å²) < 4.78 is 10.4. The van der Waals surface area contributed by atoms with Gasteiger partial charge in [-0.3, -0.25) is 9.59 Å². The maximum absolute atomic E-state index is 11.9. The fraction of sp³-hybridized carbons (Fsp3) is 0.556. The lowest BCUT2D eigenvalue weighted by Gasteiger charge is -2.16. The SMILES string of the molecule is CCC(CC(=O)OC)NC(=O)CCCOc1c(C)cccc1C. The van der Waals surface area contributed by atoms with Gasteiger partial charge in [-0.1, -0.05) is 25.1 Å². The topological polar surface area (TPSA) is 64.6 Å². The van der Waals surface area contributed by atoms with Crippen LogP contribution in [0.15, 0.2) is 18.2 Å². The van der Waals surface area contributed by atoms with Gasteiger partial charge in [0.1, 0.15) is 5.75 Å². The first-order valence-electron chi connectivity index (χ1n) is 8.03. The Balaban J connectivity index is 2.32. The molecule has 0 saturated carbocycles. The summed E-state index contributed by atoms with van der Waals surface area (Å²) in [5.41, 5.74) is 2.19. The van der Waals surface area contributed by atoms with Gasteiger partial charge in [-0.25, -0.2) is 0 Å². The van der Waals surface area contributed by atoms with E-state index in [1.54, 1.807) is 0 Å². The summed E-state index contributed by atoms with van der Waals surface area (Å²) in [5, 5.41) is 2.86. The average molecular weight is 321 g/mol. The van der Waals surface area contributed by atoms with Gasteiger partial charge in [0.2, 0.25) is 5.91 Å². The number of carbonyl (C=O) groups is 2. The molecule has 1 rings (SSSR count). The number of aryl methyl sites for hydroxylation is 2. The summed E-state index contributed by atoms with van der Waals surface area (Å²) in [5.74, 6) is 0.520. The van der Waals surface area contributed by atoms with Gasteiger partial charge >= 0.3 is 5.97 Å². The molecular formula is C18H27NO4. The molecule has 1 amide bonds. The van der Waals surface area contributed by atoms with Crippen LogP contribution in [0.1, 0.15) is 43.7 Å². The van der Waals surface area contributed by atoms with Crippen molar-refractivity contribution < 1.29 is 19.1 Å². The van der Waals surface area contributed by atoms with Crippen LogP contribution in [0.25, 0.3) is 0 Å². The highest BCUT2D eigenvalue weighted by molar-refractivity contribution is 5.77. The van der Waals surface area contributed by atoms with Crippen molar-refractivity contribution in [3.63, 3.8) is 0 Å². The fourth-order valence-electron chi connectivity index (χ4n) is 2.32. The van der Waals surface area contributed by atoms with Crippen molar-refractivity contribution in [3.8, 4) is 5.75 Å². The summed E-state index contributed by atoms with van der Waals surface area (Å²) in [4.78, 5) is 23.2. The summed E-state index contributed by atoms with van der Waals surface area (Å²) >= 11 is 0. The number of para-hydroxylation sites is 1. The lowest BCUT2D eigenvalue weighted by molar-refractivity contribution is -0.141. The van der Waals surface area contributed by atoms with Crippen LogP contribution >= 0.6 is 0 Å². The second kappa shape index (κ2) is 9.87. The van der Waals surface area contributed by atoms with Crippen LogP contribution in [0, 0.1) is 13.8 Å². The van der Waals surface area contributed by atoms with E-state index in [1.165, 1.54) is 7.11 Å². The zero-order valence-corrected chi connectivity index (χ0v) is 14.5. The molecule has 0 heterocycles. The third kappa shape index (κ3) is 6.72. The minimum absolute atomic E-state index is 0.0640. The van der Waals surface area contributed by atoms with E-state index >= 15 is 0 Å². The highest BCUT2D eigenvalue weighted by atomic mass is 16.5. The third-order valence-corrected chi connectivity index (χ3v) is 3.70. The number of carbonyl (C=O) groups excluding carboxylic acids is 2. The Hall–Kier alpha value is -2.04. The monoisotopic (exact) mass is 321 g/mol. The van der Waals surface area contributed by atoms with E-state index in [0.717, 1.165) is 16.9 Å². The zero-order valence-electron chi connectivity index (χ0n) is 14.5. The van der Waals surface area contributed by atoms with Crippen molar-refractivity contribution >= 4 is 11.9 Å². The number of ether oxygens (including phenoxy) is 2. The van der Waals surface area contributed by atoms with Gasteiger partial charge in [0.05, 0.1) is 20.1 Å². The van der Waals surface area contributed by atoms with Crippen LogP contribution in [0.5, 0.6) is 5.75 Å². The second-order valence-electron chi connectivity index (χ2n) is 5.63. The van der Waals surface area contributed by atoms with E-state index in [1.807, 2.05) is 39.0 Å². The van der Waals surface area contributed by atoms with Crippen molar-refractivity contribution in [2.45, 2.75) is 52.5 Å². The summed E-state index contributed by atoms with van der Waals surface area (Å²) in [6.45, 7) is 6.44. The molecule has 0 radical (unpaired) electrons. The molecule has 1 N–H and O–H groups in total. The molecule has 0 bridgehead atoms. The van der Waals surface area contributed by atoms with Crippen LogP contribution in [-0.4, -0.2) is 31.6 Å². The molecule has 0 aromatic heterocycles. The van der Waals surface area contributed by atoms with Crippen molar-refractivity contribution in [1.29, 1.82) is 0 Å². The van der Waals surface area contributed by atoms with E-state index in [-0.39, 0.29) is 24.3 Å². The number of benzene rings is 1. The number of methoxy groups -OCH3 is 1. The number of rotatable bonds is 9. The van der Waals surface area contributed by atoms with Crippen molar-refractivity contribution in [3.05, 3.63) is 29.3 Å². The van der Waals surface area contributed by atoms with E-state index in [9.17, 15) is 9.59 Å². The average Bonchev–Trinajstić information content (AvgIpc) is 2.52. The van der Waals surface area contributed by atoms with Crippen molar-refractivity contribution in [1.82, 2.24) is 5.32 Å². The summed E-state index contributed by atoms with van der Waals surface area (Å²) in [6.07, 6.45) is 1.91. The highest BCUT2D eigenvalue weighted by Gasteiger charge is 2.14. The van der Waals surface area contributed by atoms with Gasteiger partial charge in [-0.05, 0) is 37.8 Å². The number of amides is 1. The van der Waals surface area contributed by atoms with Gasteiger partial charge in [-0.2, -0.15) is 0 Å².